The fraction of sp³-hybridized carbons (Fsp3) is 0.364. The van der Waals surface area contributed by atoms with Crippen LogP contribution in [-0.4, -0.2) is 25.0 Å². The molecule has 1 atom stereocenters. The van der Waals surface area contributed by atoms with Crippen molar-refractivity contribution < 1.29 is 14.3 Å². The molecule has 0 aromatic heterocycles. The predicted octanol–water partition coefficient (Wildman–Crippen LogP) is 3.45. The first-order valence-electron chi connectivity index (χ1n) is 9.43. The Morgan fingerprint density at radius 2 is 1.85 bits per heavy atom. The summed E-state index contributed by atoms with van der Waals surface area (Å²) in [5.41, 5.74) is 3.05. The summed E-state index contributed by atoms with van der Waals surface area (Å²) in [7, 11) is 0. The maximum Gasteiger partial charge on any atom is 0.227 e. The molecule has 1 heterocycles. The van der Waals surface area contributed by atoms with Gasteiger partial charge in [0.2, 0.25) is 11.8 Å². The first-order valence-corrected chi connectivity index (χ1v) is 9.43. The lowest BCUT2D eigenvalue weighted by molar-refractivity contribution is -0.126. The molecule has 1 saturated heterocycles. The summed E-state index contributed by atoms with van der Waals surface area (Å²) in [6.07, 6.45) is 1.19. The molecule has 2 aromatic carbocycles. The van der Waals surface area contributed by atoms with Crippen LogP contribution in [0.15, 0.2) is 48.5 Å². The van der Waals surface area contributed by atoms with Gasteiger partial charge in [-0.25, -0.2) is 0 Å². The van der Waals surface area contributed by atoms with E-state index in [1.54, 1.807) is 4.90 Å². The standard InChI is InChI=1S/C22H26N2O3/c1-3-12-27-20-10-8-19(9-11-20)24-15-18(13-21(24)25)22(26)23-14-17-6-4-16(2)5-7-17/h4-11,18H,3,12-15H2,1-2H3,(H,23,26)/t18-/m1/s1. The first-order chi connectivity index (χ1) is 13.1. The molecule has 27 heavy (non-hydrogen) atoms. The third-order valence-electron chi connectivity index (χ3n) is 4.70. The maximum absolute atomic E-state index is 12.5. The molecule has 0 aliphatic carbocycles. The van der Waals surface area contributed by atoms with Gasteiger partial charge in [-0.2, -0.15) is 0 Å². The van der Waals surface area contributed by atoms with E-state index in [4.69, 9.17) is 4.74 Å². The van der Waals surface area contributed by atoms with Crippen LogP contribution in [0.2, 0.25) is 0 Å². The van der Waals surface area contributed by atoms with Gasteiger partial charge in [0.15, 0.2) is 0 Å². The van der Waals surface area contributed by atoms with Gasteiger partial charge in [0.05, 0.1) is 12.5 Å². The van der Waals surface area contributed by atoms with Crippen LogP contribution in [0.4, 0.5) is 5.69 Å². The van der Waals surface area contributed by atoms with E-state index in [1.807, 2.05) is 55.5 Å². The van der Waals surface area contributed by atoms with Crippen molar-refractivity contribution in [1.82, 2.24) is 5.32 Å². The molecular formula is C22H26N2O3. The second-order valence-electron chi connectivity index (χ2n) is 6.95. The van der Waals surface area contributed by atoms with Crippen molar-refractivity contribution in [3.63, 3.8) is 0 Å². The van der Waals surface area contributed by atoms with E-state index >= 15 is 0 Å². The summed E-state index contributed by atoms with van der Waals surface area (Å²) in [6.45, 7) is 5.65. The second kappa shape index (κ2) is 8.71. The van der Waals surface area contributed by atoms with E-state index in [0.717, 1.165) is 23.4 Å². The molecule has 5 nitrogen and oxygen atoms in total. The van der Waals surface area contributed by atoms with E-state index in [9.17, 15) is 9.59 Å². The fourth-order valence-electron chi connectivity index (χ4n) is 3.11. The molecule has 0 spiro atoms. The Morgan fingerprint density at radius 1 is 1.15 bits per heavy atom. The molecule has 142 valence electrons. The summed E-state index contributed by atoms with van der Waals surface area (Å²) in [5, 5.41) is 2.95. The smallest absolute Gasteiger partial charge is 0.227 e. The lowest BCUT2D eigenvalue weighted by atomic mass is 10.1. The molecule has 1 fully saturated rings. The van der Waals surface area contributed by atoms with Crippen molar-refractivity contribution in [1.29, 1.82) is 0 Å². The summed E-state index contributed by atoms with van der Waals surface area (Å²) < 4.78 is 5.57. The molecule has 1 N–H and O–H groups in total. The number of carbonyl (C=O) groups is 2. The van der Waals surface area contributed by atoms with Gasteiger partial charge in [0.1, 0.15) is 5.75 Å². The summed E-state index contributed by atoms with van der Waals surface area (Å²) in [6, 6.07) is 15.5. The average molecular weight is 366 g/mol. The van der Waals surface area contributed by atoms with Crippen molar-refractivity contribution in [3.8, 4) is 5.75 Å². The van der Waals surface area contributed by atoms with Crippen LogP contribution < -0.4 is 15.0 Å². The number of nitrogens with one attached hydrogen (secondary N) is 1. The van der Waals surface area contributed by atoms with Gasteiger partial charge in [0.25, 0.3) is 0 Å². The number of rotatable bonds is 7. The van der Waals surface area contributed by atoms with Crippen LogP contribution >= 0.6 is 0 Å². The van der Waals surface area contributed by atoms with Crippen LogP contribution in [-0.2, 0) is 16.1 Å². The summed E-state index contributed by atoms with van der Waals surface area (Å²) in [4.78, 5) is 26.5. The molecular weight excluding hydrogens is 340 g/mol. The molecule has 0 unspecified atom stereocenters. The van der Waals surface area contributed by atoms with Crippen molar-refractivity contribution in [2.24, 2.45) is 5.92 Å². The van der Waals surface area contributed by atoms with Crippen molar-refractivity contribution in [2.45, 2.75) is 33.2 Å². The zero-order valence-corrected chi connectivity index (χ0v) is 15.9. The van der Waals surface area contributed by atoms with Crippen LogP contribution in [0.25, 0.3) is 0 Å². The van der Waals surface area contributed by atoms with Gasteiger partial charge in [-0.05, 0) is 43.2 Å². The molecule has 3 rings (SSSR count). The van der Waals surface area contributed by atoms with Crippen LogP contribution in [0.1, 0.15) is 30.9 Å². The Morgan fingerprint density at radius 3 is 2.52 bits per heavy atom. The number of hydrogen-bond donors (Lipinski definition) is 1. The Bertz CT molecular complexity index is 784. The zero-order chi connectivity index (χ0) is 19.2. The largest absolute Gasteiger partial charge is 0.494 e. The third kappa shape index (κ3) is 4.88. The molecule has 1 aliphatic heterocycles. The van der Waals surface area contributed by atoms with Gasteiger partial charge in [-0.3, -0.25) is 9.59 Å². The minimum absolute atomic E-state index is 0.0206. The number of aryl methyl sites for hydroxylation is 1. The van der Waals surface area contributed by atoms with Gasteiger partial charge < -0.3 is 15.0 Å². The van der Waals surface area contributed by atoms with E-state index in [2.05, 4.69) is 12.2 Å². The molecule has 1 aliphatic rings. The summed E-state index contributed by atoms with van der Waals surface area (Å²) >= 11 is 0. The Labute approximate surface area is 160 Å². The van der Waals surface area contributed by atoms with Crippen LogP contribution in [0, 0.1) is 12.8 Å². The van der Waals surface area contributed by atoms with Crippen molar-refractivity contribution in [3.05, 3.63) is 59.7 Å². The maximum atomic E-state index is 12.5. The topological polar surface area (TPSA) is 58.6 Å². The zero-order valence-electron chi connectivity index (χ0n) is 15.9. The Hall–Kier alpha value is -2.82. The quantitative estimate of drug-likeness (QED) is 0.816. The minimum Gasteiger partial charge on any atom is -0.494 e. The average Bonchev–Trinajstić information content (AvgIpc) is 3.08. The molecule has 0 radical (unpaired) electrons. The van der Waals surface area contributed by atoms with E-state index in [1.165, 1.54) is 5.56 Å². The minimum atomic E-state index is -0.320. The van der Waals surface area contributed by atoms with Crippen LogP contribution in [0.3, 0.4) is 0 Å². The number of benzene rings is 2. The molecule has 2 amide bonds. The van der Waals surface area contributed by atoms with Crippen molar-refractivity contribution in [2.75, 3.05) is 18.1 Å². The Kier molecular flexibility index (Phi) is 6.12. The number of nitrogens with zero attached hydrogens (tertiary/aromatic N) is 1. The SMILES string of the molecule is CCCOc1ccc(N2C[C@H](C(=O)NCc3ccc(C)cc3)CC2=O)cc1. The van der Waals surface area contributed by atoms with E-state index in [-0.39, 0.29) is 24.2 Å². The van der Waals surface area contributed by atoms with Crippen LogP contribution in [0.5, 0.6) is 5.75 Å². The fourth-order valence-corrected chi connectivity index (χ4v) is 3.11. The highest BCUT2D eigenvalue weighted by atomic mass is 16.5. The van der Waals surface area contributed by atoms with Gasteiger partial charge in [-0.15, -0.1) is 0 Å². The van der Waals surface area contributed by atoms with Gasteiger partial charge in [-0.1, -0.05) is 36.8 Å². The summed E-state index contributed by atoms with van der Waals surface area (Å²) in [5.74, 6) is 0.376. The number of carbonyl (C=O) groups excluding carboxylic acids is 2. The number of anilines is 1. The number of ether oxygens (including phenoxy) is 1. The highest BCUT2D eigenvalue weighted by molar-refractivity contribution is 6.00. The molecule has 2 aromatic rings. The van der Waals surface area contributed by atoms with Gasteiger partial charge in [0, 0.05) is 25.2 Å². The lowest BCUT2D eigenvalue weighted by Crippen LogP contribution is -2.32. The highest BCUT2D eigenvalue weighted by Crippen LogP contribution is 2.27. The number of hydrogen-bond acceptors (Lipinski definition) is 3. The highest BCUT2D eigenvalue weighted by Gasteiger charge is 2.34. The molecule has 0 bridgehead atoms. The third-order valence-corrected chi connectivity index (χ3v) is 4.70. The van der Waals surface area contributed by atoms with Gasteiger partial charge >= 0.3 is 0 Å². The van der Waals surface area contributed by atoms with E-state index in [0.29, 0.717) is 19.7 Å². The second-order valence-corrected chi connectivity index (χ2v) is 6.95. The van der Waals surface area contributed by atoms with E-state index < -0.39 is 0 Å². The van der Waals surface area contributed by atoms with Crippen molar-refractivity contribution >= 4 is 17.5 Å². The monoisotopic (exact) mass is 366 g/mol. The molecule has 0 saturated carbocycles. The first kappa shape index (κ1) is 19.0. The Balaban J connectivity index is 1.56. The predicted molar refractivity (Wildman–Crippen MR) is 106 cm³/mol. The number of amides is 2. The molecule has 5 heteroatoms. The lowest BCUT2D eigenvalue weighted by Gasteiger charge is -2.17. The normalized spacial score (nSPS) is 16.4.